The zero-order valence-corrected chi connectivity index (χ0v) is 40.1. The van der Waals surface area contributed by atoms with Gasteiger partial charge in [0, 0.05) is 9.52 Å². The molecule has 4 aliphatic carbocycles. The fourth-order valence-corrected chi connectivity index (χ4v) is 10.4. The summed E-state index contributed by atoms with van der Waals surface area (Å²) in [7, 11) is 11.0. The van der Waals surface area contributed by atoms with E-state index in [-0.39, 0.29) is 5.41 Å². The van der Waals surface area contributed by atoms with Gasteiger partial charge in [0.05, 0.1) is 0 Å². The van der Waals surface area contributed by atoms with Crippen molar-refractivity contribution in [3.8, 4) is 22.3 Å². The molecule has 4 saturated carbocycles. The molecule has 0 heterocycles. The molecule has 6 aromatic rings. The molecule has 10 rings (SSSR count). The van der Waals surface area contributed by atoms with Gasteiger partial charge in [0.1, 0.15) is 0 Å². The number of hydrogen-bond donors (Lipinski definition) is 0. The van der Waals surface area contributed by atoms with Crippen molar-refractivity contribution < 1.29 is 20.8 Å². The molecular formula is C52H62Cl2SiZr. The third-order valence-electron chi connectivity index (χ3n) is 13.1. The third-order valence-corrected chi connectivity index (χ3v) is 13.1. The Morgan fingerprint density at radius 3 is 1.64 bits per heavy atom. The molecular weight excluding hydrogens is 815 g/mol. The van der Waals surface area contributed by atoms with Crippen molar-refractivity contribution >= 4 is 48.1 Å². The van der Waals surface area contributed by atoms with E-state index in [2.05, 4.69) is 164 Å². The van der Waals surface area contributed by atoms with Crippen molar-refractivity contribution in [1.82, 2.24) is 0 Å². The number of hydrogen-bond acceptors (Lipinski definition) is 0. The predicted octanol–water partition coefficient (Wildman–Crippen LogP) is 16.5. The van der Waals surface area contributed by atoms with Crippen LogP contribution in [0.1, 0.15) is 115 Å². The van der Waals surface area contributed by atoms with Crippen molar-refractivity contribution in [2.24, 2.45) is 17.8 Å². The Labute approximate surface area is 360 Å². The van der Waals surface area contributed by atoms with Gasteiger partial charge in [-0.2, -0.15) is 12.1 Å². The Balaban J connectivity index is 0.000000169. The van der Waals surface area contributed by atoms with Crippen LogP contribution in [0, 0.1) is 17.8 Å². The van der Waals surface area contributed by atoms with E-state index in [4.69, 9.17) is 17.0 Å². The molecule has 0 nitrogen and oxygen atoms in total. The quantitative estimate of drug-likeness (QED) is 0.116. The zero-order valence-electron chi connectivity index (χ0n) is 35.1. The average Bonchev–Trinajstić information content (AvgIpc) is 3.83. The summed E-state index contributed by atoms with van der Waals surface area (Å²) in [5, 5.41) is 5.54. The van der Waals surface area contributed by atoms with Gasteiger partial charge in [0.25, 0.3) is 0 Å². The molecule has 0 amide bonds. The molecule has 4 aliphatic rings. The summed E-state index contributed by atoms with van der Waals surface area (Å²) in [6, 6.07) is 41.7. The summed E-state index contributed by atoms with van der Waals surface area (Å²) in [5.41, 5.74) is 12.1. The van der Waals surface area contributed by atoms with Crippen LogP contribution in [0.15, 0.2) is 109 Å². The summed E-state index contributed by atoms with van der Waals surface area (Å²) in [4.78, 5) is 0. The van der Waals surface area contributed by atoms with E-state index in [1.807, 2.05) is 0 Å². The molecule has 4 heteroatoms. The summed E-state index contributed by atoms with van der Waals surface area (Å²) < 4.78 is 0. The van der Waals surface area contributed by atoms with Crippen LogP contribution >= 0.6 is 17.0 Å². The van der Waals surface area contributed by atoms with Crippen molar-refractivity contribution in [1.29, 1.82) is 0 Å². The molecule has 4 bridgehead atoms. The summed E-state index contributed by atoms with van der Waals surface area (Å²) >= 11 is -0.826. The van der Waals surface area contributed by atoms with Gasteiger partial charge in [-0.05, 0) is 102 Å². The van der Waals surface area contributed by atoms with Crippen LogP contribution in [0.2, 0.25) is 13.1 Å². The minimum absolute atomic E-state index is 0.203. The fraction of sp³-hybridized carbons (Fsp3) is 0.423. The summed E-state index contributed by atoms with van der Waals surface area (Å²) in [5.74, 6) is 3.67. The molecule has 0 saturated heterocycles. The molecule has 2 radical (unpaired) electrons. The number of halogens is 2. The topological polar surface area (TPSA) is 0 Å². The molecule has 4 fully saturated rings. The number of benzene rings is 4. The number of aryl methyl sites for hydroxylation is 1. The van der Waals surface area contributed by atoms with E-state index < -0.39 is 20.8 Å². The molecule has 292 valence electrons. The van der Waals surface area contributed by atoms with E-state index in [1.54, 1.807) is 5.56 Å². The molecule has 6 aromatic carbocycles. The maximum absolute atomic E-state index is 4.93. The maximum atomic E-state index is 4.93. The Kier molecular flexibility index (Phi) is 14.9. The number of fused-ring (bicyclic) bond motifs is 2. The zero-order chi connectivity index (χ0) is 40.0. The second-order valence-corrected chi connectivity index (χ2v) is 22.8. The van der Waals surface area contributed by atoms with Crippen molar-refractivity contribution in [2.75, 3.05) is 0 Å². The van der Waals surface area contributed by atoms with E-state index in [0.29, 0.717) is 11.3 Å². The van der Waals surface area contributed by atoms with Crippen molar-refractivity contribution in [2.45, 2.75) is 123 Å². The Bertz CT molecular complexity index is 2110. The molecule has 1 unspecified atom stereocenters. The van der Waals surface area contributed by atoms with E-state index in [9.17, 15) is 0 Å². The summed E-state index contributed by atoms with van der Waals surface area (Å²) in [6.07, 6.45) is 11.2. The van der Waals surface area contributed by atoms with Gasteiger partial charge in [0.2, 0.25) is 0 Å². The first-order valence-corrected chi connectivity index (χ1v) is 29.4. The second kappa shape index (κ2) is 19.2. The molecule has 1 atom stereocenters. The van der Waals surface area contributed by atoms with Gasteiger partial charge in [-0.25, -0.2) is 0 Å². The predicted molar refractivity (Wildman–Crippen MR) is 246 cm³/mol. The first-order valence-electron chi connectivity index (χ1n) is 21.1. The van der Waals surface area contributed by atoms with Crippen LogP contribution in [-0.4, -0.2) is 9.52 Å². The first-order chi connectivity index (χ1) is 26.9. The Morgan fingerprint density at radius 1 is 0.714 bits per heavy atom. The van der Waals surface area contributed by atoms with Gasteiger partial charge in [-0.15, -0.1) is 69.1 Å². The molecule has 56 heavy (non-hydrogen) atoms. The van der Waals surface area contributed by atoms with Gasteiger partial charge in [-0.1, -0.05) is 133 Å². The average molecular weight is 877 g/mol. The van der Waals surface area contributed by atoms with Gasteiger partial charge in [-0.3, -0.25) is 0 Å². The molecule has 0 aliphatic heterocycles. The monoisotopic (exact) mass is 874 g/mol. The Hall–Kier alpha value is -2.22. The van der Waals surface area contributed by atoms with E-state index in [0.717, 1.165) is 33.7 Å². The molecule has 0 aromatic heterocycles. The van der Waals surface area contributed by atoms with Gasteiger partial charge >= 0.3 is 37.9 Å². The Morgan fingerprint density at radius 2 is 1.18 bits per heavy atom. The van der Waals surface area contributed by atoms with Crippen LogP contribution in [-0.2, 0) is 38.1 Å². The third kappa shape index (κ3) is 9.79. The van der Waals surface area contributed by atoms with Gasteiger partial charge < -0.3 is 0 Å². The molecule has 0 N–H and O–H groups in total. The van der Waals surface area contributed by atoms with E-state index >= 15 is 0 Å². The van der Waals surface area contributed by atoms with Crippen molar-refractivity contribution in [3.63, 3.8) is 0 Å². The van der Waals surface area contributed by atoms with Crippen LogP contribution in [0.5, 0.6) is 0 Å². The SMILES string of the molecule is CCC(C)c1cc2c(-c3ccc(C(C)(C)C)cc3)cccc2[cH-]1.CCc1cc2c(-c3ccc(C45CC6CC(CC(C6)C4)C5)cc3)cccc2[cH-]1.C[Si]C.[Cl][Zr+2][Cl]. The van der Waals surface area contributed by atoms with Crippen molar-refractivity contribution in [3.05, 3.63) is 131 Å². The summed E-state index contributed by atoms with van der Waals surface area (Å²) in [6.45, 7) is 17.9. The van der Waals surface area contributed by atoms with Crippen LogP contribution < -0.4 is 0 Å². The van der Waals surface area contributed by atoms with Crippen LogP contribution in [0.4, 0.5) is 0 Å². The van der Waals surface area contributed by atoms with Crippen LogP contribution in [0.25, 0.3) is 43.8 Å². The first kappa shape index (κ1) is 43.4. The van der Waals surface area contributed by atoms with Crippen LogP contribution in [0.3, 0.4) is 0 Å². The normalized spacial score (nSPS) is 21.3. The van der Waals surface area contributed by atoms with Gasteiger partial charge in [0.15, 0.2) is 0 Å². The standard InChI is InChI=1S/C27H29.C23H27.C2H6Si.2ClH.Zr/c1-2-18-13-23-4-3-5-25(26(23)14-18)22-6-8-24(9-7-22)27-15-19-10-20(16-27)12-21(11-19)17-27;1-6-16(2)19-14-18-8-7-9-21(22(18)15-19)17-10-12-20(13-11-17)23(3,4)5;1-3-2;;;/h3-9,13-14,19-21H,2,10-12,15-17H2,1H3;7-16H,6H2,1-5H3;1-2H3;2*1H;/q2*-1;;;;+4/p-2. The minimum atomic E-state index is -0.826. The van der Waals surface area contributed by atoms with E-state index in [1.165, 1.54) is 105 Å². The number of rotatable bonds is 6. The second-order valence-electron chi connectivity index (χ2n) is 18.1. The molecule has 0 spiro atoms. The fourth-order valence-electron chi connectivity index (χ4n) is 10.4.